The molecule has 0 fully saturated rings. The Bertz CT molecular complexity index is 417. The minimum atomic E-state index is -1.21. The summed E-state index contributed by atoms with van der Waals surface area (Å²) in [4.78, 5) is 0.766. The van der Waals surface area contributed by atoms with Gasteiger partial charge in [0.05, 0.1) is 11.4 Å². The monoisotopic (exact) mass is 233 g/mol. The van der Waals surface area contributed by atoms with Crippen molar-refractivity contribution < 1.29 is 4.21 Å². The molecule has 0 amide bonds. The summed E-state index contributed by atoms with van der Waals surface area (Å²) in [6.07, 6.45) is 6.94. The highest BCUT2D eigenvalue weighted by atomic mass is 32.2. The van der Waals surface area contributed by atoms with Gasteiger partial charge >= 0.3 is 0 Å². The molecule has 0 saturated heterocycles. The maximum absolute atomic E-state index is 12.1. The number of rotatable bonds is 5. The number of aryl methyl sites for hydroxylation is 1. The highest BCUT2D eigenvalue weighted by Crippen LogP contribution is 2.11. The molecule has 0 N–H and O–H groups in total. The minimum absolute atomic E-state index is 0.354. The van der Waals surface area contributed by atoms with Crippen LogP contribution in [-0.4, -0.2) is 21.6 Å². The molecule has 84 valence electrons. The summed E-state index contributed by atoms with van der Waals surface area (Å²) in [5, 5.41) is 0. The van der Waals surface area contributed by atoms with Crippen molar-refractivity contribution in [3.63, 3.8) is 0 Å². The first-order valence-corrected chi connectivity index (χ1v) is 6.07. The fourth-order valence-electron chi connectivity index (χ4n) is 1.24. The highest BCUT2D eigenvalue weighted by Gasteiger charge is 2.12. The third-order valence-corrected chi connectivity index (χ3v) is 3.48. The lowest BCUT2D eigenvalue weighted by Gasteiger charge is -2.16. The van der Waals surface area contributed by atoms with Gasteiger partial charge in [-0.2, -0.15) is 0 Å². The zero-order valence-electron chi connectivity index (χ0n) is 9.35. The molecule has 2 nitrogen and oxygen atoms in total. The van der Waals surface area contributed by atoms with Crippen molar-refractivity contribution in [3.8, 4) is 12.3 Å². The van der Waals surface area contributed by atoms with Crippen molar-refractivity contribution in [2.24, 2.45) is 0 Å². The Labute approximate surface area is 99.6 Å². The fourth-order valence-corrected chi connectivity index (χ4v) is 2.34. The Kier molecular flexibility index (Phi) is 4.97. The smallest absolute Gasteiger partial charge is 0.128 e. The molecule has 0 radical (unpaired) electrons. The van der Waals surface area contributed by atoms with E-state index in [1.165, 1.54) is 0 Å². The van der Waals surface area contributed by atoms with Crippen LogP contribution in [0.5, 0.6) is 0 Å². The maximum Gasteiger partial charge on any atom is 0.128 e. The molecule has 3 heteroatoms. The molecule has 1 atom stereocenters. The van der Waals surface area contributed by atoms with Crippen molar-refractivity contribution in [3.05, 3.63) is 42.5 Å². The van der Waals surface area contributed by atoms with E-state index in [-0.39, 0.29) is 0 Å². The Morgan fingerprint density at radius 3 is 2.62 bits per heavy atom. The van der Waals surface area contributed by atoms with Gasteiger partial charge in [0.25, 0.3) is 0 Å². The third-order valence-electron chi connectivity index (χ3n) is 2.06. The average Bonchev–Trinajstić information content (AvgIpc) is 2.29. The van der Waals surface area contributed by atoms with Crippen molar-refractivity contribution in [2.45, 2.75) is 11.8 Å². The van der Waals surface area contributed by atoms with Gasteiger partial charge in [0.15, 0.2) is 0 Å². The second kappa shape index (κ2) is 6.26. The fraction of sp³-hybridized carbons (Fsp3) is 0.231. The SMILES string of the molecule is C#CCN(CC=C)S(=O)c1ccc(C)cc1. The molecule has 16 heavy (non-hydrogen) atoms. The second-order valence-electron chi connectivity index (χ2n) is 3.38. The largest absolute Gasteiger partial charge is 0.237 e. The van der Waals surface area contributed by atoms with Crippen LogP contribution in [0.15, 0.2) is 41.8 Å². The van der Waals surface area contributed by atoms with Crippen molar-refractivity contribution in [2.75, 3.05) is 13.1 Å². The summed E-state index contributed by atoms with van der Waals surface area (Å²) in [6, 6.07) is 7.60. The van der Waals surface area contributed by atoms with Gasteiger partial charge in [-0.3, -0.25) is 0 Å². The molecule has 0 heterocycles. The van der Waals surface area contributed by atoms with Gasteiger partial charge in [-0.25, -0.2) is 8.51 Å². The predicted octanol–water partition coefficient (Wildman–Crippen LogP) is 2.14. The van der Waals surface area contributed by atoms with E-state index in [4.69, 9.17) is 6.42 Å². The molecule has 0 saturated carbocycles. The first-order chi connectivity index (χ1) is 7.69. The van der Waals surface area contributed by atoms with Crippen LogP contribution >= 0.6 is 0 Å². The van der Waals surface area contributed by atoms with E-state index >= 15 is 0 Å². The molecule has 0 spiro atoms. The molecule has 1 rings (SSSR count). The molecule has 0 bridgehead atoms. The summed E-state index contributed by atoms with van der Waals surface area (Å²) in [5.41, 5.74) is 1.15. The normalized spacial score (nSPS) is 12.1. The van der Waals surface area contributed by atoms with Crippen LogP contribution in [0.1, 0.15) is 5.56 Å². The number of terminal acetylenes is 1. The van der Waals surface area contributed by atoms with Crippen molar-refractivity contribution in [1.29, 1.82) is 0 Å². The first kappa shape index (κ1) is 12.7. The van der Waals surface area contributed by atoms with Crippen LogP contribution in [0.2, 0.25) is 0 Å². The van der Waals surface area contributed by atoms with Gasteiger partial charge in [-0.15, -0.1) is 13.0 Å². The summed E-state index contributed by atoms with van der Waals surface area (Å²) in [7, 11) is -1.21. The van der Waals surface area contributed by atoms with Gasteiger partial charge < -0.3 is 0 Å². The highest BCUT2D eigenvalue weighted by molar-refractivity contribution is 7.82. The van der Waals surface area contributed by atoms with Crippen LogP contribution in [0.3, 0.4) is 0 Å². The topological polar surface area (TPSA) is 20.3 Å². The van der Waals surface area contributed by atoms with Crippen LogP contribution in [0.4, 0.5) is 0 Å². The summed E-state index contributed by atoms with van der Waals surface area (Å²) in [5.74, 6) is 2.50. The van der Waals surface area contributed by atoms with Gasteiger partial charge in [-0.05, 0) is 19.1 Å². The molecule has 0 aliphatic heterocycles. The second-order valence-corrected chi connectivity index (χ2v) is 4.86. The lowest BCUT2D eigenvalue weighted by atomic mass is 10.2. The Balaban J connectivity index is 2.86. The van der Waals surface area contributed by atoms with Crippen LogP contribution in [0.25, 0.3) is 0 Å². The Morgan fingerprint density at radius 2 is 2.12 bits per heavy atom. The molecule has 0 aliphatic carbocycles. The van der Waals surface area contributed by atoms with Crippen molar-refractivity contribution in [1.82, 2.24) is 4.31 Å². The lowest BCUT2D eigenvalue weighted by Crippen LogP contribution is -2.26. The van der Waals surface area contributed by atoms with Crippen LogP contribution in [-0.2, 0) is 11.0 Å². The average molecular weight is 233 g/mol. The van der Waals surface area contributed by atoms with E-state index in [0.29, 0.717) is 13.1 Å². The zero-order chi connectivity index (χ0) is 12.0. The number of nitrogens with zero attached hydrogens (tertiary/aromatic N) is 1. The van der Waals surface area contributed by atoms with Crippen LogP contribution < -0.4 is 0 Å². The van der Waals surface area contributed by atoms with E-state index in [1.54, 1.807) is 10.4 Å². The predicted molar refractivity (Wildman–Crippen MR) is 68.2 cm³/mol. The van der Waals surface area contributed by atoms with Crippen LogP contribution in [0, 0.1) is 19.3 Å². The minimum Gasteiger partial charge on any atom is -0.237 e. The Hall–Kier alpha value is -1.37. The van der Waals surface area contributed by atoms with E-state index in [1.807, 2.05) is 31.2 Å². The molecule has 1 aromatic carbocycles. The lowest BCUT2D eigenvalue weighted by molar-refractivity contribution is 0.537. The summed E-state index contributed by atoms with van der Waals surface area (Å²) >= 11 is 0. The molecule has 0 aromatic heterocycles. The summed E-state index contributed by atoms with van der Waals surface area (Å²) < 4.78 is 13.8. The van der Waals surface area contributed by atoms with E-state index in [2.05, 4.69) is 12.5 Å². The van der Waals surface area contributed by atoms with E-state index < -0.39 is 11.0 Å². The standard InChI is InChI=1S/C13H15NOS/c1-4-10-14(11-5-2)16(15)13-8-6-12(3)7-9-13/h1,5-9H,2,10-11H2,3H3. The molecular formula is C13H15NOS. The molecule has 1 unspecified atom stereocenters. The Morgan fingerprint density at radius 1 is 1.50 bits per heavy atom. The molecule has 1 aromatic rings. The first-order valence-electron chi connectivity index (χ1n) is 4.97. The quantitative estimate of drug-likeness (QED) is 0.563. The zero-order valence-corrected chi connectivity index (χ0v) is 10.2. The van der Waals surface area contributed by atoms with E-state index in [9.17, 15) is 4.21 Å². The van der Waals surface area contributed by atoms with Gasteiger partial charge in [-0.1, -0.05) is 29.7 Å². The van der Waals surface area contributed by atoms with Gasteiger partial charge in [0.1, 0.15) is 11.0 Å². The van der Waals surface area contributed by atoms with Gasteiger partial charge in [0, 0.05) is 6.54 Å². The number of hydrogen-bond donors (Lipinski definition) is 0. The molecule has 0 aliphatic rings. The molecular weight excluding hydrogens is 218 g/mol. The number of benzene rings is 1. The maximum atomic E-state index is 12.1. The third kappa shape index (κ3) is 3.34. The van der Waals surface area contributed by atoms with E-state index in [0.717, 1.165) is 10.5 Å². The van der Waals surface area contributed by atoms with Crippen molar-refractivity contribution >= 4 is 11.0 Å². The van der Waals surface area contributed by atoms with Gasteiger partial charge in [0.2, 0.25) is 0 Å². The number of hydrogen-bond acceptors (Lipinski definition) is 1. The summed E-state index contributed by atoms with van der Waals surface area (Å²) in [6.45, 7) is 6.50.